The predicted octanol–water partition coefficient (Wildman–Crippen LogP) is 3.87. The lowest BCUT2D eigenvalue weighted by atomic mass is 9.97. The number of para-hydroxylation sites is 1. The van der Waals surface area contributed by atoms with Gasteiger partial charge in [0, 0.05) is 76.0 Å². The van der Waals surface area contributed by atoms with Gasteiger partial charge in [0.25, 0.3) is 5.91 Å². The van der Waals surface area contributed by atoms with Crippen LogP contribution in [0.2, 0.25) is 0 Å². The van der Waals surface area contributed by atoms with Crippen LogP contribution in [0.15, 0.2) is 48.8 Å². The van der Waals surface area contributed by atoms with Gasteiger partial charge in [-0.1, -0.05) is 24.0 Å². The number of aromatic nitrogens is 2. The molecule has 2 amide bonds. The Labute approximate surface area is 262 Å². The quantitative estimate of drug-likeness (QED) is 0.262. The number of aromatic amines is 1. The molecule has 5 heterocycles. The minimum Gasteiger partial charge on any atom is -0.492 e. The van der Waals surface area contributed by atoms with Gasteiger partial charge in [0.2, 0.25) is 5.91 Å². The summed E-state index contributed by atoms with van der Waals surface area (Å²) in [5.41, 5.74) is 3.43. The average Bonchev–Trinajstić information content (AvgIpc) is 3.59. The molecule has 3 N–H and O–H groups in total. The lowest BCUT2D eigenvalue weighted by Crippen LogP contribution is -2.51. The van der Waals surface area contributed by atoms with Gasteiger partial charge in [-0.15, -0.1) is 0 Å². The first-order valence-corrected chi connectivity index (χ1v) is 15.1. The van der Waals surface area contributed by atoms with Crippen LogP contribution in [0.5, 0.6) is 5.75 Å². The van der Waals surface area contributed by atoms with Crippen LogP contribution in [0.1, 0.15) is 41.4 Å². The van der Waals surface area contributed by atoms with Crippen LogP contribution < -0.4 is 15.4 Å². The van der Waals surface area contributed by atoms with Crippen LogP contribution in [0.3, 0.4) is 0 Å². The van der Waals surface area contributed by atoms with Gasteiger partial charge in [-0.2, -0.15) is 0 Å². The second-order valence-corrected chi connectivity index (χ2v) is 11.7. The first-order valence-electron chi connectivity index (χ1n) is 15.1. The maximum absolute atomic E-state index is 14.6. The van der Waals surface area contributed by atoms with E-state index in [9.17, 15) is 14.0 Å². The number of likely N-dealkylation sites (tertiary alicyclic amines) is 2. The molecule has 11 heteroatoms. The molecule has 1 aromatic carbocycles. The van der Waals surface area contributed by atoms with Gasteiger partial charge >= 0.3 is 0 Å². The van der Waals surface area contributed by atoms with Gasteiger partial charge in [-0.25, -0.2) is 4.39 Å². The highest BCUT2D eigenvalue weighted by atomic mass is 19.1. The van der Waals surface area contributed by atoms with E-state index in [0.29, 0.717) is 54.3 Å². The van der Waals surface area contributed by atoms with E-state index in [4.69, 9.17) is 9.47 Å². The molecule has 234 valence electrons. The lowest BCUT2D eigenvalue weighted by Gasteiger charge is -2.37. The summed E-state index contributed by atoms with van der Waals surface area (Å²) in [6, 6.07) is 6.42. The second kappa shape index (κ2) is 12.8. The van der Waals surface area contributed by atoms with Gasteiger partial charge in [0.1, 0.15) is 5.54 Å². The Balaban J connectivity index is 1.31. The molecule has 3 aromatic rings. The average molecular weight is 613 g/mol. The number of ether oxygens (including phenoxy) is 2. The lowest BCUT2D eigenvalue weighted by molar-refractivity contribution is -0.128. The van der Waals surface area contributed by atoms with Gasteiger partial charge in [0.05, 0.1) is 41.4 Å². The summed E-state index contributed by atoms with van der Waals surface area (Å²) in [6.45, 7) is 5.57. The summed E-state index contributed by atoms with van der Waals surface area (Å²) in [7, 11) is 3.12. The molecule has 6 rings (SSSR count). The standard InChI is InChI=1S/C34H37FN6O4/c1-34(13-6-18-41(34)28(42)9-5-17-40-20-23(21-40)44-2)14-10-22-19-36-15-11-24(22)30-31(29-26(38-30)12-16-37-33(29)43)39-27-8-4-7-25(35)32(27)45-3/h4-5,7-9,11,15,19,23,38-39H,6,12-13,16-18,20-21H2,1-3H3,(H,37,43)/b9-5+/t34-/m1/s1. The largest absolute Gasteiger partial charge is 0.492 e. The van der Waals surface area contributed by atoms with E-state index in [1.807, 2.05) is 24.0 Å². The predicted molar refractivity (Wildman–Crippen MR) is 169 cm³/mol. The van der Waals surface area contributed by atoms with Crippen LogP contribution in [-0.4, -0.2) is 90.2 Å². The normalized spacial score (nSPS) is 19.9. The van der Waals surface area contributed by atoms with Crippen LogP contribution in [0, 0.1) is 17.7 Å². The second-order valence-electron chi connectivity index (χ2n) is 11.7. The summed E-state index contributed by atoms with van der Waals surface area (Å²) < 4.78 is 25.2. The van der Waals surface area contributed by atoms with Crippen molar-refractivity contribution in [3.8, 4) is 28.8 Å². The number of pyridine rings is 1. The molecule has 0 spiro atoms. The highest BCUT2D eigenvalue weighted by Gasteiger charge is 2.37. The molecule has 0 saturated carbocycles. The van der Waals surface area contributed by atoms with Crippen LogP contribution in [0.4, 0.5) is 15.8 Å². The van der Waals surface area contributed by atoms with Gasteiger partial charge < -0.3 is 30.0 Å². The van der Waals surface area contributed by atoms with Crippen molar-refractivity contribution in [1.29, 1.82) is 0 Å². The number of methoxy groups -OCH3 is 2. The van der Waals surface area contributed by atoms with E-state index in [2.05, 4.69) is 37.3 Å². The first-order chi connectivity index (χ1) is 21.8. The Bertz CT molecular complexity index is 1700. The number of H-pyrrole nitrogens is 1. The third kappa shape index (κ3) is 6.03. The van der Waals surface area contributed by atoms with Crippen molar-refractivity contribution in [1.82, 2.24) is 25.1 Å². The summed E-state index contributed by atoms with van der Waals surface area (Å²) in [5, 5.41) is 6.17. The van der Waals surface area contributed by atoms with Crippen molar-refractivity contribution < 1.29 is 23.5 Å². The Kier molecular flexibility index (Phi) is 8.61. The fourth-order valence-corrected chi connectivity index (χ4v) is 6.23. The Morgan fingerprint density at radius 2 is 2.13 bits per heavy atom. The monoisotopic (exact) mass is 612 g/mol. The Morgan fingerprint density at radius 1 is 1.29 bits per heavy atom. The number of nitrogens with zero attached hydrogens (tertiary/aromatic N) is 3. The number of fused-ring (bicyclic) bond motifs is 1. The van der Waals surface area contributed by atoms with Crippen molar-refractivity contribution in [2.75, 3.05) is 52.3 Å². The van der Waals surface area contributed by atoms with Crippen molar-refractivity contribution in [3.05, 3.63) is 71.4 Å². The van der Waals surface area contributed by atoms with Crippen molar-refractivity contribution in [3.63, 3.8) is 0 Å². The number of carbonyl (C=O) groups is 2. The molecule has 3 aliphatic rings. The Hall–Kier alpha value is -4.66. The van der Waals surface area contributed by atoms with Crippen molar-refractivity contribution in [2.45, 2.75) is 37.8 Å². The topological polar surface area (TPSA) is 112 Å². The van der Waals surface area contributed by atoms with Gasteiger partial charge in [-0.05, 0) is 38.0 Å². The van der Waals surface area contributed by atoms with E-state index < -0.39 is 11.4 Å². The van der Waals surface area contributed by atoms with Crippen molar-refractivity contribution >= 4 is 23.2 Å². The zero-order chi connectivity index (χ0) is 31.6. The molecule has 2 fully saturated rings. The number of hydrogen-bond acceptors (Lipinski definition) is 7. The number of benzene rings is 1. The maximum Gasteiger partial charge on any atom is 0.255 e. The van der Waals surface area contributed by atoms with Gasteiger partial charge in [0.15, 0.2) is 11.6 Å². The van der Waals surface area contributed by atoms with Gasteiger partial charge in [-0.3, -0.25) is 19.5 Å². The molecule has 1 atom stereocenters. The number of rotatable bonds is 8. The summed E-state index contributed by atoms with van der Waals surface area (Å²) in [5.74, 6) is 5.93. The SMILES string of the molecule is COc1c(F)cccc1Nc1c(-c2ccncc2C#C[C@@]2(C)CCCN2C(=O)/C=C/CN2CC(OC)C2)[nH]c2c1C(=O)NCC2. The van der Waals surface area contributed by atoms with Crippen LogP contribution >= 0.6 is 0 Å². The smallest absolute Gasteiger partial charge is 0.255 e. The van der Waals surface area contributed by atoms with E-state index >= 15 is 0 Å². The van der Waals surface area contributed by atoms with E-state index in [-0.39, 0.29) is 23.7 Å². The minimum absolute atomic E-state index is 0.0429. The fourth-order valence-electron chi connectivity index (χ4n) is 6.23. The number of carbonyl (C=O) groups excluding carboxylic acids is 2. The van der Waals surface area contributed by atoms with Crippen LogP contribution in [0.25, 0.3) is 11.3 Å². The molecule has 2 aromatic heterocycles. The number of nitrogens with one attached hydrogen (secondary N) is 3. The molecule has 3 aliphatic heterocycles. The zero-order valence-electron chi connectivity index (χ0n) is 25.7. The molecular weight excluding hydrogens is 575 g/mol. The molecule has 0 radical (unpaired) electrons. The Morgan fingerprint density at radius 3 is 2.93 bits per heavy atom. The highest BCUT2D eigenvalue weighted by Crippen LogP contribution is 2.40. The third-order valence-electron chi connectivity index (χ3n) is 8.74. The van der Waals surface area contributed by atoms with Crippen LogP contribution in [-0.2, 0) is 16.0 Å². The summed E-state index contributed by atoms with van der Waals surface area (Å²) in [6.07, 6.45) is 9.38. The zero-order valence-corrected chi connectivity index (χ0v) is 25.7. The molecular formula is C34H37FN6O4. The van der Waals surface area contributed by atoms with E-state index in [0.717, 1.165) is 37.2 Å². The fraction of sp³-hybridized carbons (Fsp3) is 0.382. The summed E-state index contributed by atoms with van der Waals surface area (Å²) >= 11 is 0. The number of amides is 2. The molecule has 45 heavy (non-hydrogen) atoms. The van der Waals surface area contributed by atoms with E-state index in [1.54, 1.807) is 37.7 Å². The number of hydrogen-bond donors (Lipinski definition) is 3. The molecule has 0 unspecified atom stereocenters. The minimum atomic E-state index is -0.655. The number of halogens is 1. The molecule has 0 bridgehead atoms. The maximum atomic E-state index is 14.6. The molecule has 2 saturated heterocycles. The highest BCUT2D eigenvalue weighted by molar-refractivity contribution is 6.06. The first kappa shape index (κ1) is 30.4. The van der Waals surface area contributed by atoms with Crippen molar-refractivity contribution in [2.24, 2.45) is 0 Å². The molecule has 10 nitrogen and oxygen atoms in total. The summed E-state index contributed by atoms with van der Waals surface area (Å²) in [4.78, 5) is 38.1. The molecule has 0 aliphatic carbocycles. The van der Waals surface area contributed by atoms with E-state index in [1.165, 1.54) is 13.2 Å². The number of anilines is 2. The third-order valence-corrected chi connectivity index (χ3v) is 8.74.